The van der Waals surface area contributed by atoms with Crippen molar-refractivity contribution in [1.82, 2.24) is 9.97 Å². The fraction of sp³-hybridized carbons (Fsp3) is 0. The number of nitrogens with zero attached hydrogens (tertiary/aromatic N) is 2. The van der Waals surface area contributed by atoms with Crippen LogP contribution in [0.4, 0.5) is 10.1 Å². The van der Waals surface area contributed by atoms with Gasteiger partial charge in [-0.05, 0) is 23.6 Å². The van der Waals surface area contributed by atoms with Gasteiger partial charge < -0.3 is 5.32 Å². The molecule has 1 N–H and O–H groups in total. The van der Waals surface area contributed by atoms with Crippen molar-refractivity contribution in [1.29, 1.82) is 0 Å². The van der Waals surface area contributed by atoms with Crippen molar-refractivity contribution in [2.75, 3.05) is 5.32 Å². The number of benzene rings is 1. The number of pyridine rings is 2. The Kier molecular flexibility index (Phi) is 3.50. The van der Waals surface area contributed by atoms with Gasteiger partial charge in [0.25, 0.3) is 5.91 Å². The molecule has 21 heavy (non-hydrogen) atoms. The van der Waals surface area contributed by atoms with E-state index in [-0.39, 0.29) is 10.7 Å². The Bertz CT molecular complexity index is 833. The molecule has 0 aliphatic heterocycles. The molecule has 4 nitrogen and oxygen atoms in total. The van der Waals surface area contributed by atoms with E-state index in [1.807, 2.05) is 18.2 Å². The van der Waals surface area contributed by atoms with Gasteiger partial charge in [-0.2, -0.15) is 0 Å². The lowest BCUT2D eigenvalue weighted by Gasteiger charge is -2.09. The lowest BCUT2D eigenvalue weighted by atomic mass is 10.1. The van der Waals surface area contributed by atoms with E-state index in [9.17, 15) is 9.18 Å². The second-order valence-corrected chi connectivity index (χ2v) is 4.71. The molecular formula is C15H9ClFN3O. The van der Waals surface area contributed by atoms with Gasteiger partial charge in [-0.1, -0.05) is 23.7 Å². The smallest absolute Gasteiger partial charge is 0.258 e. The molecule has 2 heterocycles. The highest BCUT2D eigenvalue weighted by atomic mass is 35.5. The molecule has 6 heteroatoms. The third kappa shape index (κ3) is 2.68. The lowest BCUT2D eigenvalue weighted by Crippen LogP contribution is -2.13. The first kappa shape index (κ1) is 13.5. The van der Waals surface area contributed by atoms with E-state index in [0.29, 0.717) is 5.69 Å². The maximum Gasteiger partial charge on any atom is 0.258 e. The predicted octanol–water partition coefficient (Wildman–Crippen LogP) is 3.67. The highest BCUT2D eigenvalue weighted by Gasteiger charge is 2.14. The average Bonchev–Trinajstić information content (AvgIpc) is 2.50. The number of rotatable bonds is 2. The van der Waals surface area contributed by atoms with Crippen molar-refractivity contribution >= 4 is 34.0 Å². The molecular weight excluding hydrogens is 293 g/mol. The van der Waals surface area contributed by atoms with E-state index in [2.05, 4.69) is 15.3 Å². The largest absolute Gasteiger partial charge is 0.321 e. The van der Waals surface area contributed by atoms with Crippen LogP contribution in [0.5, 0.6) is 0 Å². The van der Waals surface area contributed by atoms with Crippen molar-refractivity contribution in [2.45, 2.75) is 0 Å². The SMILES string of the molecule is O=C(Nc1cccc2ccncc12)c1cc(F)cnc1Cl. The summed E-state index contributed by atoms with van der Waals surface area (Å²) in [6, 6.07) is 8.34. The molecule has 3 aromatic rings. The van der Waals surface area contributed by atoms with Crippen LogP contribution in [0.15, 0.2) is 48.9 Å². The number of halogens is 2. The molecule has 2 aromatic heterocycles. The van der Waals surface area contributed by atoms with Crippen molar-refractivity contribution in [3.63, 3.8) is 0 Å². The number of fused-ring (bicyclic) bond motifs is 1. The van der Waals surface area contributed by atoms with Gasteiger partial charge in [-0.3, -0.25) is 9.78 Å². The molecule has 0 saturated carbocycles. The summed E-state index contributed by atoms with van der Waals surface area (Å²) < 4.78 is 13.2. The molecule has 0 saturated heterocycles. The van der Waals surface area contributed by atoms with Gasteiger partial charge in [0, 0.05) is 17.8 Å². The van der Waals surface area contributed by atoms with Crippen LogP contribution in [0.1, 0.15) is 10.4 Å². The quantitative estimate of drug-likeness (QED) is 0.735. The maximum atomic E-state index is 13.2. The Balaban J connectivity index is 1.99. The lowest BCUT2D eigenvalue weighted by molar-refractivity contribution is 0.102. The second kappa shape index (κ2) is 5.46. The highest BCUT2D eigenvalue weighted by Crippen LogP contribution is 2.23. The van der Waals surface area contributed by atoms with Gasteiger partial charge in [-0.25, -0.2) is 9.37 Å². The minimum absolute atomic E-state index is 0.0161. The van der Waals surface area contributed by atoms with Gasteiger partial charge in [0.1, 0.15) is 11.0 Å². The predicted molar refractivity (Wildman–Crippen MR) is 78.9 cm³/mol. The van der Waals surface area contributed by atoms with E-state index in [4.69, 9.17) is 11.6 Å². The fourth-order valence-corrected chi connectivity index (χ4v) is 2.18. The van der Waals surface area contributed by atoms with Gasteiger partial charge in [-0.15, -0.1) is 0 Å². The molecule has 0 aliphatic rings. The molecule has 0 radical (unpaired) electrons. The van der Waals surface area contributed by atoms with Crippen LogP contribution in [-0.4, -0.2) is 15.9 Å². The third-order valence-electron chi connectivity index (χ3n) is 2.98. The Morgan fingerprint density at radius 2 is 2.10 bits per heavy atom. The number of hydrogen-bond acceptors (Lipinski definition) is 3. The van der Waals surface area contributed by atoms with E-state index in [1.165, 1.54) is 0 Å². The molecule has 0 bridgehead atoms. The Morgan fingerprint density at radius 1 is 1.24 bits per heavy atom. The maximum absolute atomic E-state index is 13.2. The van der Waals surface area contributed by atoms with Crippen LogP contribution in [0.3, 0.4) is 0 Å². The minimum atomic E-state index is -0.621. The fourth-order valence-electron chi connectivity index (χ4n) is 1.99. The molecule has 0 fully saturated rings. The van der Waals surface area contributed by atoms with E-state index >= 15 is 0 Å². The number of amides is 1. The van der Waals surface area contributed by atoms with Gasteiger partial charge in [0.15, 0.2) is 0 Å². The summed E-state index contributed by atoms with van der Waals surface area (Å²) in [5.74, 6) is -1.15. The first-order chi connectivity index (χ1) is 10.1. The summed E-state index contributed by atoms with van der Waals surface area (Å²) in [5, 5.41) is 4.37. The zero-order valence-electron chi connectivity index (χ0n) is 10.7. The molecule has 3 rings (SSSR count). The highest BCUT2D eigenvalue weighted by molar-refractivity contribution is 6.33. The zero-order chi connectivity index (χ0) is 14.8. The van der Waals surface area contributed by atoms with Gasteiger partial charge >= 0.3 is 0 Å². The van der Waals surface area contributed by atoms with Crippen molar-refractivity contribution in [2.24, 2.45) is 0 Å². The normalized spacial score (nSPS) is 10.6. The molecule has 1 aromatic carbocycles. The number of nitrogens with one attached hydrogen (secondary N) is 1. The van der Waals surface area contributed by atoms with Gasteiger partial charge in [0.2, 0.25) is 0 Å². The number of carbonyl (C=O) groups excluding carboxylic acids is 1. The van der Waals surface area contributed by atoms with Crippen molar-refractivity contribution in [3.8, 4) is 0 Å². The summed E-state index contributed by atoms with van der Waals surface area (Å²) in [6.45, 7) is 0. The summed E-state index contributed by atoms with van der Waals surface area (Å²) in [6.07, 6.45) is 4.28. The average molecular weight is 302 g/mol. The number of aromatic nitrogens is 2. The van der Waals surface area contributed by atoms with E-state index < -0.39 is 11.7 Å². The second-order valence-electron chi connectivity index (χ2n) is 4.35. The van der Waals surface area contributed by atoms with Crippen LogP contribution >= 0.6 is 11.6 Å². The standard InChI is InChI=1S/C15H9ClFN3O/c16-14-11(6-10(17)7-19-14)15(21)20-13-3-1-2-9-4-5-18-8-12(9)13/h1-8H,(H,20,21). The molecule has 0 spiro atoms. The summed E-state index contributed by atoms with van der Waals surface area (Å²) in [4.78, 5) is 19.9. The Labute approximate surface area is 124 Å². The Hall–Kier alpha value is -2.53. The third-order valence-corrected chi connectivity index (χ3v) is 3.28. The van der Waals surface area contributed by atoms with Crippen LogP contribution in [0, 0.1) is 5.82 Å². The van der Waals surface area contributed by atoms with Crippen LogP contribution in [-0.2, 0) is 0 Å². The number of anilines is 1. The molecule has 0 atom stereocenters. The number of hydrogen-bond donors (Lipinski definition) is 1. The molecule has 1 amide bonds. The number of carbonyl (C=O) groups is 1. The first-order valence-corrected chi connectivity index (χ1v) is 6.48. The topological polar surface area (TPSA) is 54.9 Å². The monoisotopic (exact) mass is 301 g/mol. The van der Waals surface area contributed by atoms with Crippen LogP contribution < -0.4 is 5.32 Å². The zero-order valence-corrected chi connectivity index (χ0v) is 11.4. The molecule has 0 aliphatic carbocycles. The minimum Gasteiger partial charge on any atom is -0.321 e. The van der Waals surface area contributed by atoms with E-state index in [1.54, 1.807) is 18.5 Å². The summed E-state index contributed by atoms with van der Waals surface area (Å²) in [7, 11) is 0. The van der Waals surface area contributed by atoms with E-state index in [0.717, 1.165) is 23.0 Å². The molecule has 104 valence electrons. The molecule has 0 unspecified atom stereocenters. The first-order valence-electron chi connectivity index (χ1n) is 6.10. The van der Waals surface area contributed by atoms with Crippen molar-refractivity contribution < 1.29 is 9.18 Å². The summed E-state index contributed by atoms with van der Waals surface area (Å²) >= 11 is 5.82. The summed E-state index contributed by atoms with van der Waals surface area (Å²) in [5.41, 5.74) is 0.559. The van der Waals surface area contributed by atoms with Crippen molar-refractivity contribution in [3.05, 3.63) is 65.5 Å². The van der Waals surface area contributed by atoms with Crippen LogP contribution in [0.2, 0.25) is 5.15 Å². The van der Waals surface area contributed by atoms with Crippen LogP contribution in [0.25, 0.3) is 10.8 Å². The van der Waals surface area contributed by atoms with Gasteiger partial charge in [0.05, 0.1) is 17.4 Å². The Morgan fingerprint density at radius 3 is 2.95 bits per heavy atom.